The highest BCUT2D eigenvalue weighted by molar-refractivity contribution is 6.03. The van der Waals surface area contributed by atoms with Crippen molar-refractivity contribution >= 4 is 17.5 Å². The van der Waals surface area contributed by atoms with Gasteiger partial charge in [0.15, 0.2) is 0 Å². The maximum Gasteiger partial charge on any atom is 0.274 e. The molecule has 0 aliphatic carbocycles. The van der Waals surface area contributed by atoms with Crippen LogP contribution in [0.15, 0.2) is 48.5 Å². The highest BCUT2D eigenvalue weighted by Crippen LogP contribution is 2.19. The van der Waals surface area contributed by atoms with Crippen molar-refractivity contribution < 1.29 is 9.53 Å². The third kappa shape index (κ3) is 5.31. The van der Waals surface area contributed by atoms with Gasteiger partial charge in [0.1, 0.15) is 11.4 Å². The molecule has 0 atom stereocenters. The fourth-order valence-corrected chi connectivity index (χ4v) is 2.98. The molecule has 29 heavy (non-hydrogen) atoms. The lowest BCUT2D eigenvalue weighted by Crippen LogP contribution is -2.17. The zero-order valence-corrected chi connectivity index (χ0v) is 17.2. The van der Waals surface area contributed by atoms with E-state index in [2.05, 4.69) is 20.6 Å². The van der Waals surface area contributed by atoms with Crippen molar-refractivity contribution in [1.29, 1.82) is 0 Å². The lowest BCUT2D eigenvalue weighted by molar-refractivity contribution is 0.102. The maximum absolute atomic E-state index is 12.7. The summed E-state index contributed by atoms with van der Waals surface area (Å²) < 4.78 is 5.25. The zero-order chi connectivity index (χ0) is 20.8. The van der Waals surface area contributed by atoms with Crippen molar-refractivity contribution in [3.8, 4) is 5.75 Å². The minimum absolute atomic E-state index is 0.250. The second-order valence-corrected chi connectivity index (χ2v) is 6.95. The summed E-state index contributed by atoms with van der Waals surface area (Å²) in [5, 5.41) is 6.15. The Balaban J connectivity index is 1.67. The number of amides is 1. The van der Waals surface area contributed by atoms with Gasteiger partial charge in [0.2, 0.25) is 5.95 Å². The minimum atomic E-state index is -0.250. The first kappa shape index (κ1) is 20.3. The van der Waals surface area contributed by atoms with Crippen molar-refractivity contribution in [1.82, 2.24) is 9.97 Å². The maximum atomic E-state index is 12.7. The van der Waals surface area contributed by atoms with Crippen LogP contribution < -0.4 is 15.4 Å². The van der Waals surface area contributed by atoms with Gasteiger partial charge in [-0.15, -0.1) is 0 Å². The van der Waals surface area contributed by atoms with Crippen molar-refractivity contribution in [2.45, 2.75) is 27.2 Å². The van der Waals surface area contributed by atoms with E-state index in [-0.39, 0.29) is 5.91 Å². The average molecular weight is 390 g/mol. The minimum Gasteiger partial charge on any atom is -0.497 e. The van der Waals surface area contributed by atoms with E-state index in [4.69, 9.17) is 4.74 Å². The molecule has 0 bridgehead atoms. The Labute approximate surface area is 171 Å². The Hall–Kier alpha value is -3.41. The molecule has 0 spiro atoms. The smallest absolute Gasteiger partial charge is 0.274 e. The van der Waals surface area contributed by atoms with Gasteiger partial charge in [-0.05, 0) is 68.1 Å². The predicted octanol–water partition coefficient (Wildman–Crippen LogP) is 4.32. The number of hydrogen-bond acceptors (Lipinski definition) is 5. The highest BCUT2D eigenvalue weighted by atomic mass is 16.5. The van der Waals surface area contributed by atoms with Crippen molar-refractivity contribution in [2.24, 2.45) is 0 Å². The second kappa shape index (κ2) is 9.19. The Morgan fingerprint density at radius 3 is 2.62 bits per heavy atom. The first-order valence-corrected chi connectivity index (χ1v) is 9.56. The Morgan fingerprint density at radius 1 is 1.03 bits per heavy atom. The van der Waals surface area contributed by atoms with Gasteiger partial charge >= 0.3 is 0 Å². The van der Waals surface area contributed by atoms with E-state index in [1.54, 1.807) is 13.2 Å². The van der Waals surface area contributed by atoms with E-state index in [1.165, 1.54) is 0 Å². The van der Waals surface area contributed by atoms with Gasteiger partial charge in [0.25, 0.3) is 5.91 Å². The monoisotopic (exact) mass is 390 g/mol. The van der Waals surface area contributed by atoms with Crippen LogP contribution in [0.4, 0.5) is 11.6 Å². The number of rotatable bonds is 7. The number of anilines is 2. The van der Waals surface area contributed by atoms with Crippen LogP contribution in [0.5, 0.6) is 5.75 Å². The molecule has 0 saturated heterocycles. The molecule has 0 aliphatic heterocycles. The van der Waals surface area contributed by atoms with Crippen LogP contribution >= 0.6 is 0 Å². The number of aromatic nitrogens is 2. The van der Waals surface area contributed by atoms with Gasteiger partial charge in [0, 0.05) is 17.9 Å². The van der Waals surface area contributed by atoms with E-state index >= 15 is 0 Å². The van der Waals surface area contributed by atoms with E-state index in [9.17, 15) is 4.79 Å². The summed E-state index contributed by atoms with van der Waals surface area (Å²) in [6.45, 7) is 6.50. The number of benzene rings is 2. The number of nitrogens with one attached hydrogen (secondary N) is 2. The van der Waals surface area contributed by atoms with Crippen molar-refractivity contribution in [3.63, 3.8) is 0 Å². The lowest BCUT2D eigenvalue weighted by atomic mass is 10.1. The van der Waals surface area contributed by atoms with Crippen LogP contribution in [0, 0.1) is 20.8 Å². The summed E-state index contributed by atoms with van der Waals surface area (Å²) in [7, 11) is 1.66. The molecule has 0 aliphatic rings. The summed E-state index contributed by atoms with van der Waals surface area (Å²) >= 11 is 0. The van der Waals surface area contributed by atoms with E-state index in [1.807, 2.05) is 63.2 Å². The molecule has 2 aromatic carbocycles. The van der Waals surface area contributed by atoms with Crippen molar-refractivity contribution in [3.05, 3.63) is 76.6 Å². The molecule has 6 nitrogen and oxygen atoms in total. The predicted molar refractivity (Wildman–Crippen MR) is 116 cm³/mol. The SMILES string of the molecule is COc1cccc(CCNc2nc(C)cc(C(=O)Nc3cccc(C)c3C)n2)c1. The first-order chi connectivity index (χ1) is 14.0. The van der Waals surface area contributed by atoms with E-state index in [0.717, 1.165) is 40.2 Å². The third-order valence-corrected chi connectivity index (χ3v) is 4.77. The molecule has 2 N–H and O–H groups in total. The fraction of sp³-hybridized carbons (Fsp3) is 0.261. The number of ether oxygens (including phenoxy) is 1. The van der Waals surface area contributed by atoms with Crippen LogP contribution in [-0.2, 0) is 6.42 Å². The van der Waals surface area contributed by atoms with Gasteiger partial charge in [0.05, 0.1) is 7.11 Å². The normalized spacial score (nSPS) is 10.5. The van der Waals surface area contributed by atoms with Crippen LogP contribution in [0.3, 0.4) is 0 Å². The number of carbonyl (C=O) groups is 1. The summed E-state index contributed by atoms with van der Waals surface area (Å²) in [6.07, 6.45) is 0.790. The summed E-state index contributed by atoms with van der Waals surface area (Å²) in [4.78, 5) is 21.5. The van der Waals surface area contributed by atoms with Crippen LogP contribution in [0.1, 0.15) is 32.9 Å². The molecular weight excluding hydrogens is 364 g/mol. The molecule has 1 amide bonds. The standard InChI is InChI=1S/C23H26N4O2/c1-15-7-5-10-20(17(15)3)26-22(28)21-13-16(2)25-23(27-21)24-12-11-18-8-6-9-19(14-18)29-4/h5-10,13-14H,11-12H2,1-4H3,(H,26,28)(H,24,25,27). The van der Waals surface area contributed by atoms with Gasteiger partial charge in [-0.25, -0.2) is 9.97 Å². The number of aryl methyl sites for hydroxylation is 2. The Bertz CT molecular complexity index is 1020. The zero-order valence-electron chi connectivity index (χ0n) is 17.2. The molecule has 3 aromatic rings. The largest absolute Gasteiger partial charge is 0.497 e. The molecule has 1 heterocycles. The second-order valence-electron chi connectivity index (χ2n) is 6.95. The fourth-order valence-electron chi connectivity index (χ4n) is 2.98. The molecule has 0 radical (unpaired) electrons. The number of carbonyl (C=O) groups excluding carboxylic acids is 1. The molecule has 0 fully saturated rings. The molecule has 0 unspecified atom stereocenters. The lowest BCUT2D eigenvalue weighted by Gasteiger charge is -2.11. The average Bonchev–Trinajstić information content (AvgIpc) is 2.71. The molecule has 3 rings (SSSR count). The van der Waals surface area contributed by atoms with E-state index in [0.29, 0.717) is 18.2 Å². The van der Waals surface area contributed by atoms with Crippen LogP contribution in [0.25, 0.3) is 0 Å². The summed E-state index contributed by atoms with van der Waals surface area (Å²) in [5.74, 6) is 1.03. The Kier molecular flexibility index (Phi) is 6.44. The van der Waals surface area contributed by atoms with E-state index < -0.39 is 0 Å². The van der Waals surface area contributed by atoms with Crippen molar-refractivity contribution in [2.75, 3.05) is 24.3 Å². The quantitative estimate of drug-likeness (QED) is 0.628. The highest BCUT2D eigenvalue weighted by Gasteiger charge is 2.12. The topological polar surface area (TPSA) is 76.1 Å². The van der Waals surface area contributed by atoms with Gasteiger partial charge in [-0.3, -0.25) is 4.79 Å². The molecule has 6 heteroatoms. The van der Waals surface area contributed by atoms with Gasteiger partial charge in [-0.2, -0.15) is 0 Å². The number of methoxy groups -OCH3 is 1. The number of hydrogen-bond donors (Lipinski definition) is 2. The first-order valence-electron chi connectivity index (χ1n) is 9.56. The molecule has 1 aromatic heterocycles. The molecule has 150 valence electrons. The van der Waals surface area contributed by atoms with Crippen LogP contribution in [-0.4, -0.2) is 29.5 Å². The summed E-state index contributed by atoms with van der Waals surface area (Å²) in [6, 6.07) is 15.5. The third-order valence-electron chi connectivity index (χ3n) is 4.77. The molecule has 0 saturated carbocycles. The van der Waals surface area contributed by atoms with Gasteiger partial charge < -0.3 is 15.4 Å². The summed E-state index contributed by atoms with van der Waals surface area (Å²) in [5.41, 5.74) is 5.18. The molecular formula is C23H26N4O2. The van der Waals surface area contributed by atoms with Gasteiger partial charge in [-0.1, -0.05) is 24.3 Å². The Morgan fingerprint density at radius 2 is 1.83 bits per heavy atom. The number of nitrogens with zero attached hydrogens (tertiary/aromatic N) is 2. The van der Waals surface area contributed by atoms with Crippen LogP contribution in [0.2, 0.25) is 0 Å².